The number of benzene rings is 1. The predicted octanol–water partition coefficient (Wildman–Crippen LogP) is 2.23. The van der Waals surface area contributed by atoms with Crippen LogP contribution in [0.5, 0.6) is 0 Å². The Bertz CT molecular complexity index is 536. The van der Waals surface area contributed by atoms with E-state index >= 15 is 0 Å². The maximum atomic E-state index is 12.1. The summed E-state index contributed by atoms with van der Waals surface area (Å²) in [7, 11) is 0. The van der Waals surface area contributed by atoms with Crippen LogP contribution in [0, 0.1) is 24.7 Å². The summed E-state index contributed by atoms with van der Waals surface area (Å²) in [6.07, 6.45) is 5.08. The molecule has 0 radical (unpaired) electrons. The van der Waals surface area contributed by atoms with E-state index in [-0.39, 0.29) is 5.91 Å². The van der Waals surface area contributed by atoms with Crippen molar-refractivity contribution in [2.24, 2.45) is 11.7 Å². The van der Waals surface area contributed by atoms with Crippen LogP contribution in [0.1, 0.15) is 47.2 Å². The van der Waals surface area contributed by atoms with Gasteiger partial charge in [-0.05, 0) is 37.0 Å². The van der Waals surface area contributed by atoms with Gasteiger partial charge in [0.15, 0.2) is 0 Å². The lowest BCUT2D eigenvalue weighted by atomic mass is 9.83. The van der Waals surface area contributed by atoms with Crippen LogP contribution in [0.15, 0.2) is 18.2 Å². The van der Waals surface area contributed by atoms with Crippen molar-refractivity contribution in [1.82, 2.24) is 5.32 Å². The molecule has 1 aromatic rings. The highest BCUT2D eigenvalue weighted by molar-refractivity contribution is 5.94. The Hall–Kier alpha value is -1.79. The van der Waals surface area contributed by atoms with Crippen LogP contribution in [-0.2, 0) is 0 Å². The van der Waals surface area contributed by atoms with Crippen molar-refractivity contribution in [3.05, 3.63) is 34.9 Å². The van der Waals surface area contributed by atoms with E-state index in [1.807, 2.05) is 25.1 Å². The second-order valence-electron chi connectivity index (χ2n) is 5.38. The third-order valence-electron chi connectivity index (χ3n) is 3.89. The first-order valence-electron chi connectivity index (χ1n) is 7.28. The zero-order valence-electron chi connectivity index (χ0n) is 12.0. The maximum Gasteiger partial charge on any atom is 0.251 e. The Labute approximate surface area is 120 Å². The smallest absolute Gasteiger partial charge is 0.251 e. The van der Waals surface area contributed by atoms with Crippen molar-refractivity contribution in [3.63, 3.8) is 0 Å². The summed E-state index contributed by atoms with van der Waals surface area (Å²) in [5, 5.41) is 2.99. The lowest BCUT2D eigenvalue weighted by Gasteiger charge is -2.25. The number of hydrogen-bond acceptors (Lipinski definition) is 2. The number of nitrogens with one attached hydrogen (secondary N) is 1. The van der Waals surface area contributed by atoms with E-state index in [4.69, 9.17) is 5.73 Å². The van der Waals surface area contributed by atoms with Crippen molar-refractivity contribution in [2.75, 3.05) is 13.1 Å². The fourth-order valence-corrected chi connectivity index (χ4v) is 2.32. The van der Waals surface area contributed by atoms with Gasteiger partial charge in [-0.3, -0.25) is 4.79 Å². The molecule has 1 aliphatic carbocycles. The molecular weight excluding hydrogens is 248 g/mol. The van der Waals surface area contributed by atoms with Crippen molar-refractivity contribution in [1.29, 1.82) is 0 Å². The van der Waals surface area contributed by atoms with Gasteiger partial charge in [0, 0.05) is 17.7 Å². The van der Waals surface area contributed by atoms with Crippen LogP contribution < -0.4 is 11.1 Å². The molecule has 1 amide bonds. The van der Waals surface area contributed by atoms with Gasteiger partial charge in [-0.2, -0.15) is 0 Å². The Morgan fingerprint density at radius 1 is 1.45 bits per heavy atom. The second kappa shape index (κ2) is 7.12. The number of carbonyl (C=O) groups excluding carboxylic acids is 1. The monoisotopic (exact) mass is 270 g/mol. The molecule has 3 nitrogen and oxygen atoms in total. The van der Waals surface area contributed by atoms with Crippen LogP contribution in [0.4, 0.5) is 0 Å². The maximum absolute atomic E-state index is 12.1. The zero-order valence-corrected chi connectivity index (χ0v) is 12.0. The normalized spacial score (nSPS) is 14.1. The first kappa shape index (κ1) is 14.6. The van der Waals surface area contributed by atoms with E-state index in [1.165, 1.54) is 19.3 Å². The summed E-state index contributed by atoms with van der Waals surface area (Å²) in [5.74, 6) is 6.64. The Kier molecular flexibility index (Phi) is 5.20. The lowest BCUT2D eigenvalue weighted by molar-refractivity contribution is 0.0949. The molecule has 0 saturated heterocycles. The van der Waals surface area contributed by atoms with E-state index in [9.17, 15) is 4.79 Å². The van der Waals surface area contributed by atoms with Gasteiger partial charge in [0.25, 0.3) is 5.91 Å². The highest BCUT2D eigenvalue weighted by atomic mass is 16.1. The molecule has 0 spiro atoms. The van der Waals surface area contributed by atoms with Crippen LogP contribution in [0.3, 0.4) is 0 Å². The van der Waals surface area contributed by atoms with Gasteiger partial charge in [0.2, 0.25) is 0 Å². The van der Waals surface area contributed by atoms with E-state index in [0.29, 0.717) is 12.1 Å². The minimum Gasteiger partial charge on any atom is -0.352 e. The quantitative estimate of drug-likeness (QED) is 0.824. The first-order valence-corrected chi connectivity index (χ1v) is 7.28. The Balaban J connectivity index is 1.94. The first-order chi connectivity index (χ1) is 9.70. The Morgan fingerprint density at radius 2 is 2.25 bits per heavy atom. The fourth-order valence-electron chi connectivity index (χ4n) is 2.32. The Morgan fingerprint density at radius 3 is 2.90 bits per heavy atom. The van der Waals surface area contributed by atoms with Crippen LogP contribution >= 0.6 is 0 Å². The van der Waals surface area contributed by atoms with Crippen molar-refractivity contribution < 1.29 is 4.79 Å². The number of aryl methyl sites for hydroxylation is 1. The molecule has 0 aromatic heterocycles. The second-order valence-corrected chi connectivity index (χ2v) is 5.38. The summed E-state index contributed by atoms with van der Waals surface area (Å²) in [6.45, 7) is 3.08. The summed E-state index contributed by atoms with van der Waals surface area (Å²) < 4.78 is 0. The molecule has 106 valence electrons. The largest absolute Gasteiger partial charge is 0.352 e. The molecule has 0 aliphatic heterocycles. The molecule has 1 fully saturated rings. The third kappa shape index (κ3) is 3.85. The lowest BCUT2D eigenvalue weighted by Crippen LogP contribution is -2.27. The minimum absolute atomic E-state index is 0.0138. The van der Waals surface area contributed by atoms with Crippen molar-refractivity contribution in [2.45, 2.75) is 32.6 Å². The number of amides is 1. The number of carbonyl (C=O) groups is 1. The van der Waals surface area contributed by atoms with Crippen LogP contribution in [0.2, 0.25) is 0 Å². The molecule has 3 N–H and O–H groups in total. The molecule has 1 aliphatic rings. The zero-order chi connectivity index (χ0) is 14.4. The summed E-state index contributed by atoms with van der Waals surface area (Å²) >= 11 is 0. The molecule has 1 aromatic carbocycles. The van der Waals surface area contributed by atoms with E-state index in [1.54, 1.807) is 0 Å². The van der Waals surface area contributed by atoms with Gasteiger partial charge in [-0.15, -0.1) is 0 Å². The van der Waals surface area contributed by atoms with Crippen molar-refractivity contribution >= 4 is 5.91 Å². The van der Waals surface area contributed by atoms with Gasteiger partial charge in [-0.1, -0.05) is 37.2 Å². The van der Waals surface area contributed by atoms with Gasteiger partial charge < -0.3 is 11.1 Å². The summed E-state index contributed by atoms with van der Waals surface area (Å²) in [4.78, 5) is 12.1. The molecule has 0 heterocycles. The average Bonchev–Trinajstić information content (AvgIpc) is 2.40. The van der Waals surface area contributed by atoms with Gasteiger partial charge in [-0.25, -0.2) is 0 Å². The molecule has 20 heavy (non-hydrogen) atoms. The molecule has 3 heteroatoms. The van der Waals surface area contributed by atoms with Gasteiger partial charge >= 0.3 is 0 Å². The molecular formula is C17H22N2O. The predicted molar refractivity (Wildman–Crippen MR) is 81.4 cm³/mol. The van der Waals surface area contributed by atoms with Gasteiger partial charge in [0.05, 0.1) is 6.54 Å². The summed E-state index contributed by atoms with van der Waals surface area (Å²) in [6, 6.07) is 5.62. The summed E-state index contributed by atoms with van der Waals surface area (Å²) in [5.41, 5.74) is 8.00. The fraction of sp³-hybridized carbons (Fsp3) is 0.471. The van der Waals surface area contributed by atoms with Crippen molar-refractivity contribution in [3.8, 4) is 11.8 Å². The topological polar surface area (TPSA) is 55.1 Å². The average molecular weight is 270 g/mol. The number of rotatable bonds is 4. The highest BCUT2D eigenvalue weighted by Crippen LogP contribution is 2.28. The highest BCUT2D eigenvalue weighted by Gasteiger charge is 2.17. The third-order valence-corrected chi connectivity index (χ3v) is 3.89. The van der Waals surface area contributed by atoms with Crippen LogP contribution in [-0.4, -0.2) is 19.0 Å². The van der Waals surface area contributed by atoms with E-state index in [2.05, 4.69) is 17.2 Å². The minimum atomic E-state index is -0.0138. The van der Waals surface area contributed by atoms with Gasteiger partial charge in [0.1, 0.15) is 0 Å². The number of nitrogens with two attached hydrogens (primary N) is 1. The van der Waals surface area contributed by atoms with E-state index < -0.39 is 0 Å². The SMILES string of the molecule is Cc1ccc(C(=O)NCCC2CCC2)cc1C#CCN. The molecule has 1 saturated carbocycles. The molecule has 2 rings (SSSR count). The standard InChI is InChI=1S/C17H22N2O/c1-13-7-8-16(12-15(13)6-3-10-18)17(20)19-11-9-14-4-2-5-14/h7-8,12,14H,2,4-5,9-11,18H2,1H3,(H,19,20). The molecule has 0 unspecified atom stereocenters. The van der Waals surface area contributed by atoms with Crippen LogP contribution in [0.25, 0.3) is 0 Å². The molecule has 0 bridgehead atoms. The van der Waals surface area contributed by atoms with E-state index in [0.717, 1.165) is 30.0 Å². The molecule has 0 atom stereocenters. The number of hydrogen-bond donors (Lipinski definition) is 2.